The van der Waals surface area contributed by atoms with Crippen LogP contribution >= 0.6 is 11.3 Å². The number of rotatable bonds is 4. The highest BCUT2D eigenvalue weighted by molar-refractivity contribution is 7.07. The Morgan fingerprint density at radius 1 is 1.06 bits per heavy atom. The molecule has 0 amide bonds. The molecule has 1 aromatic heterocycles. The second-order valence-electron chi connectivity index (χ2n) is 4.58. The third-order valence-corrected chi connectivity index (χ3v) is 3.79. The first-order valence-electron chi connectivity index (χ1n) is 6.01. The molecule has 0 spiro atoms. The van der Waals surface area contributed by atoms with E-state index in [0.717, 1.165) is 0 Å². The van der Waals surface area contributed by atoms with Gasteiger partial charge in [-0.05, 0) is 48.7 Å². The zero-order valence-corrected chi connectivity index (χ0v) is 11.4. The van der Waals surface area contributed by atoms with E-state index in [1.165, 1.54) is 16.7 Å². The van der Waals surface area contributed by atoms with Gasteiger partial charge in [-0.1, -0.05) is 29.8 Å². The topological polar surface area (TPSA) is 12.0 Å². The van der Waals surface area contributed by atoms with E-state index in [-0.39, 0.29) is 0 Å². The van der Waals surface area contributed by atoms with Crippen LogP contribution in [0.25, 0.3) is 0 Å². The summed E-state index contributed by atoms with van der Waals surface area (Å²) < 4.78 is 0. The van der Waals surface area contributed by atoms with Crippen molar-refractivity contribution in [2.75, 3.05) is 0 Å². The van der Waals surface area contributed by atoms with Crippen molar-refractivity contribution in [3.8, 4) is 0 Å². The smallest absolute Gasteiger partial charge is 0.0305 e. The summed E-state index contributed by atoms with van der Waals surface area (Å²) in [4.78, 5) is 0. The summed E-state index contributed by atoms with van der Waals surface area (Å²) in [6, 6.07) is 11.7. The van der Waals surface area contributed by atoms with Gasteiger partial charge in [-0.25, -0.2) is 0 Å². The molecule has 2 atom stereocenters. The molecular formula is C15H19NS. The number of hydrogen-bond acceptors (Lipinski definition) is 2. The molecule has 1 aromatic carbocycles. The standard InChI is InChI=1S/C15H19NS/c1-11-5-4-6-14(9-11)12(2)16-13(3)15-7-8-17-10-15/h4-10,12-13,16H,1-3H3/t12-,13?/m1/s1. The number of hydrogen-bond donors (Lipinski definition) is 1. The van der Waals surface area contributed by atoms with Crippen LogP contribution < -0.4 is 5.32 Å². The molecule has 0 radical (unpaired) electrons. The highest BCUT2D eigenvalue weighted by atomic mass is 32.1. The van der Waals surface area contributed by atoms with Crippen molar-refractivity contribution >= 4 is 11.3 Å². The summed E-state index contributed by atoms with van der Waals surface area (Å²) in [7, 11) is 0. The molecule has 1 heterocycles. The Hall–Kier alpha value is -1.12. The average molecular weight is 245 g/mol. The molecule has 2 rings (SSSR count). The normalized spacial score (nSPS) is 14.5. The Kier molecular flexibility index (Phi) is 3.97. The lowest BCUT2D eigenvalue weighted by Crippen LogP contribution is -2.22. The molecule has 0 saturated carbocycles. The molecule has 0 aliphatic heterocycles. The zero-order valence-electron chi connectivity index (χ0n) is 10.6. The fourth-order valence-electron chi connectivity index (χ4n) is 2.03. The molecule has 2 heteroatoms. The Morgan fingerprint density at radius 2 is 1.82 bits per heavy atom. The van der Waals surface area contributed by atoms with Gasteiger partial charge in [-0.2, -0.15) is 11.3 Å². The van der Waals surface area contributed by atoms with Crippen LogP contribution in [0, 0.1) is 6.92 Å². The highest BCUT2D eigenvalue weighted by Crippen LogP contribution is 2.21. The van der Waals surface area contributed by atoms with Crippen LogP contribution in [0.4, 0.5) is 0 Å². The molecule has 0 aliphatic rings. The second kappa shape index (κ2) is 5.48. The zero-order chi connectivity index (χ0) is 12.3. The van der Waals surface area contributed by atoms with Gasteiger partial charge >= 0.3 is 0 Å². The first-order valence-corrected chi connectivity index (χ1v) is 6.96. The molecule has 1 unspecified atom stereocenters. The van der Waals surface area contributed by atoms with Crippen molar-refractivity contribution < 1.29 is 0 Å². The van der Waals surface area contributed by atoms with E-state index in [4.69, 9.17) is 0 Å². The molecule has 1 N–H and O–H groups in total. The van der Waals surface area contributed by atoms with Crippen molar-refractivity contribution in [3.05, 3.63) is 57.8 Å². The van der Waals surface area contributed by atoms with Crippen LogP contribution in [0.3, 0.4) is 0 Å². The van der Waals surface area contributed by atoms with Gasteiger partial charge in [-0.3, -0.25) is 0 Å². The summed E-state index contributed by atoms with van der Waals surface area (Å²) in [5.74, 6) is 0. The molecule has 2 aromatic rings. The molecule has 0 fully saturated rings. The van der Waals surface area contributed by atoms with E-state index in [2.05, 4.69) is 67.2 Å². The monoisotopic (exact) mass is 245 g/mol. The van der Waals surface area contributed by atoms with Crippen molar-refractivity contribution in [1.82, 2.24) is 5.32 Å². The fraction of sp³-hybridized carbons (Fsp3) is 0.333. The number of benzene rings is 1. The second-order valence-corrected chi connectivity index (χ2v) is 5.36. The van der Waals surface area contributed by atoms with Crippen LogP contribution in [0.2, 0.25) is 0 Å². The van der Waals surface area contributed by atoms with E-state index < -0.39 is 0 Å². The van der Waals surface area contributed by atoms with Crippen molar-refractivity contribution in [2.24, 2.45) is 0 Å². The summed E-state index contributed by atoms with van der Waals surface area (Å²) in [6.45, 7) is 6.57. The summed E-state index contributed by atoms with van der Waals surface area (Å²) >= 11 is 1.75. The van der Waals surface area contributed by atoms with Crippen molar-refractivity contribution in [2.45, 2.75) is 32.9 Å². The van der Waals surface area contributed by atoms with Crippen LogP contribution in [-0.2, 0) is 0 Å². The van der Waals surface area contributed by atoms with Gasteiger partial charge < -0.3 is 5.32 Å². The first-order chi connectivity index (χ1) is 8.16. The number of aryl methyl sites for hydroxylation is 1. The predicted molar refractivity (Wildman–Crippen MR) is 75.5 cm³/mol. The maximum absolute atomic E-state index is 3.63. The maximum Gasteiger partial charge on any atom is 0.0305 e. The molecule has 90 valence electrons. The van der Waals surface area contributed by atoms with Crippen LogP contribution in [-0.4, -0.2) is 0 Å². The number of nitrogens with one attached hydrogen (secondary N) is 1. The molecule has 0 aliphatic carbocycles. The Morgan fingerprint density at radius 3 is 2.47 bits per heavy atom. The lowest BCUT2D eigenvalue weighted by Gasteiger charge is -2.20. The van der Waals surface area contributed by atoms with Crippen LogP contribution in [0.5, 0.6) is 0 Å². The lowest BCUT2D eigenvalue weighted by atomic mass is 10.0. The van der Waals surface area contributed by atoms with Gasteiger partial charge in [0.05, 0.1) is 0 Å². The van der Waals surface area contributed by atoms with E-state index in [9.17, 15) is 0 Å². The third-order valence-electron chi connectivity index (χ3n) is 3.09. The fourth-order valence-corrected chi connectivity index (χ4v) is 2.78. The molecule has 0 bridgehead atoms. The van der Waals surface area contributed by atoms with Crippen LogP contribution in [0.15, 0.2) is 41.1 Å². The van der Waals surface area contributed by atoms with E-state index in [1.807, 2.05) is 0 Å². The van der Waals surface area contributed by atoms with Crippen molar-refractivity contribution in [1.29, 1.82) is 0 Å². The molecule has 1 nitrogen and oxygen atoms in total. The minimum Gasteiger partial charge on any atom is -0.304 e. The molecular weight excluding hydrogens is 226 g/mol. The van der Waals surface area contributed by atoms with Crippen molar-refractivity contribution in [3.63, 3.8) is 0 Å². The summed E-state index contributed by atoms with van der Waals surface area (Å²) in [6.07, 6.45) is 0. The third kappa shape index (κ3) is 3.18. The van der Waals surface area contributed by atoms with Gasteiger partial charge in [0, 0.05) is 12.1 Å². The van der Waals surface area contributed by atoms with Gasteiger partial charge in [0.15, 0.2) is 0 Å². The minimum absolute atomic E-state index is 0.379. The van der Waals surface area contributed by atoms with Gasteiger partial charge in [0.1, 0.15) is 0 Å². The van der Waals surface area contributed by atoms with Crippen LogP contribution in [0.1, 0.15) is 42.6 Å². The van der Waals surface area contributed by atoms with Gasteiger partial charge in [-0.15, -0.1) is 0 Å². The largest absolute Gasteiger partial charge is 0.304 e. The SMILES string of the molecule is Cc1cccc([C@@H](C)NC(C)c2ccsc2)c1. The van der Waals surface area contributed by atoms with E-state index in [0.29, 0.717) is 12.1 Å². The predicted octanol–water partition coefficient (Wildman–Crippen LogP) is 4.47. The molecule has 17 heavy (non-hydrogen) atoms. The quantitative estimate of drug-likeness (QED) is 0.838. The minimum atomic E-state index is 0.379. The highest BCUT2D eigenvalue weighted by Gasteiger charge is 2.11. The van der Waals surface area contributed by atoms with Gasteiger partial charge in [0.2, 0.25) is 0 Å². The van der Waals surface area contributed by atoms with Gasteiger partial charge in [0.25, 0.3) is 0 Å². The number of thiophene rings is 1. The Bertz CT molecular complexity index is 462. The lowest BCUT2D eigenvalue weighted by molar-refractivity contribution is 0.495. The molecule has 0 saturated heterocycles. The average Bonchev–Trinajstić information content (AvgIpc) is 2.82. The summed E-state index contributed by atoms with van der Waals surface area (Å²) in [5.41, 5.74) is 4.04. The maximum atomic E-state index is 3.63. The Balaban J connectivity index is 2.04. The summed E-state index contributed by atoms with van der Waals surface area (Å²) in [5, 5.41) is 7.97. The first kappa shape index (κ1) is 12.3. The van der Waals surface area contributed by atoms with E-state index in [1.54, 1.807) is 11.3 Å². The Labute approximate surface area is 108 Å². The van der Waals surface area contributed by atoms with E-state index >= 15 is 0 Å².